The first-order valence-electron chi connectivity index (χ1n) is 3.52. The minimum atomic E-state index is -0.275. The summed E-state index contributed by atoms with van der Waals surface area (Å²) in [5.41, 5.74) is 5.38. The van der Waals surface area contributed by atoms with Crippen molar-refractivity contribution < 1.29 is 10.2 Å². The summed E-state index contributed by atoms with van der Waals surface area (Å²) >= 11 is 0. The van der Waals surface area contributed by atoms with Crippen LogP contribution in [0.3, 0.4) is 0 Å². The molecule has 0 aromatic heterocycles. The fraction of sp³-hybridized carbons (Fsp3) is 1.00. The lowest BCUT2D eigenvalue weighted by molar-refractivity contribution is 0.117. The molecule has 0 rings (SSSR count). The topological polar surface area (TPSA) is 66.5 Å². The van der Waals surface area contributed by atoms with Crippen molar-refractivity contribution in [3.63, 3.8) is 0 Å². The minimum Gasteiger partial charge on any atom is -0.396 e. The number of aliphatic hydroxyl groups excluding tert-OH is 2. The van der Waals surface area contributed by atoms with Crippen LogP contribution in [0.25, 0.3) is 0 Å². The van der Waals surface area contributed by atoms with Gasteiger partial charge in [-0.05, 0) is 6.42 Å². The van der Waals surface area contributed by atoms with Crippen LogP contribution in [-0.2, 0) is 0 Å². The predicted molar refractivity (Wildman–Crippen MR) is 40.5 cm³/mol. The average molecular weight is 147 g/mol. The second-order valence-corrected chi connectivity index (χ2v) is 3.27. The van der Waals surface area contributed by atoms with E-state index in [0.717, 1.165) is 0 Å². The summed E-state index contributed by atoms with van der Waals surface area (Å²) in [7, 11) is 0. The van der Waals surface area contributed by atoms with E-state index in [4.69, 9.17) is 15.9 Å². The lowest BCUT2D eigenvalue weighted by atomic mass is 9.84. The van der Waals surface area contributed by atoms with Gasteiger partial charge in [0.15, 0.2) is 0 Å². The van der Waals surface area contributed by atoms with E-state index >= 15 is 0 Å². The molecule has 0 radical (unpaired) electrons. The van der Waals surface area contributed by atoms with E-state index in [-0.39, 0.29) is 24.7 Å². The van der Waals surface area contributed by atoms with Crippen molar-refractivity contribution in [1.82, 2.24) is 0 Å². The Morgan fingerprint density at radius 3 is 2.20 bits per heavy atom. The smallest absolute Gasteiger partial charge is 0.0496 e. The molecule has 0 aromatic carbocycles. The summed E-state index contributed by atoms with van der Waals surface area (Å²) in [6.45, 7) is 3.92. The van der Waals surface area contributed by atoms with Crippen molar-refractivity contribution >= 4 is 0 Å². The largest absolute Gasteiger partial charge is 0.396 e. The molecule has 0 amide bonds. The number of hydrogen-bond donors (Lipinski definition) is 3. The van der Waals surface area contributed by atoms with Crippen LogP contribution in [0.15, 0.2) is 0 Å². The Hall–Kier alpha value is -0.120. The van der Waals surface area contributed by atoms with Gasteiger partial charge in [-0.2, -0.15) is 0 Å². The van der Waals surface area contributed by atoms with Crippen molar-refractivity contribution in [2.24, 2.45) is 11.1 Å². The molecule has 0 heterocycles. The van der Waals surface area contributed by atoms with E-state index in [1.54, 1.807) is 0 Å². The monoisotopic (exact) mass is 147 g/mol. The van der Waals surface area contributed by atoms with E-state index in [9.17, 15) is 0 Å². The van der Waals surface area contributed by atoms with Gasteiger partial charge in [0.25, 0.3) is 0 Å². The molecule has 0 spiro atoms. The highest BCUT2D eigenvalue weighted by atomic mass is 16.3. The van der Waals surface area contributed by atoms with Crippen LogP contribution in [-0.4, -0.2) is 29.5 Å². The van der Waals surface area contributed by atoms with Crippen LogP contribution in [0.4, 0.5) is 0 Å². The van der Waals surface area contributed by atoms with Crippen LogP contribution >= 0.6 is 0 Å². The highest BCUT2D eigenvalue weighted by Gasteiger charge is 2.24. The maximum atomic E-state index is 8.83. The van der Waals surface area contributed by atoms with Gasteiger partial charge in [-0.15, -0.1) is 0 Å². The van der Waals surface area contributed by atoms with Gasteiger partial charge in [-0.1, -0.05) is 13.8 Å². The van der Waals surface area contributed by atoms with Gasteiger partial charge < -0.3 is 15.9 Å². The SMILES string of the molecule is CC(C)(CO)C(N)CCO. The van der Waals surface area contributed by atoms with E-state index < -0.39 is 0 Å². The van der Waals surface area contributed by atoms with Crippen LogP contribution in [0.1, 0.15) is 20.3 Å². The summed E-state index contributed by atoms with van der Waals surface area (Å²) in [4.78, 5) is 0. The summed E-state index contributed by atoms with van der Waals surface area (Å²) in [6, 6.07) is -0.123. The van der Waals surface area contributed by atoms with Crippen LogP contribution < -0.4 is 5.73 Å². The Balaban J connectivity index is 3.78. The van der Waals surface area contributed by atoms with Crippen LogP contribution in [0, 0.1) is 5.41 Å². The zero-order valence-electron chi connectivity index (χ0n) is 6.67. The molecule has 0 saturated carbocycles. The number of aliphatic hydroxyl groups is 2. The van der Waals surface area contributed by atoms with Crippen molar-refractivity contribution in [1.29, 1.82) is 0 Å². The maximum absolute atomic E-state index is 8.83. The number of nitrogens with two attached hydrogens (primary N) is 1. The van der Waals surface area contributed by atoms with Crippen molar-refractivity contribution in [3.8, 4) is 0 Å². The molecular formula is C7H17NO2. The maximum Gasteiger partial charge on any atom is 0.0496 e. The van der Waals surface area contributed by atoms with Gasteiger partial charge in [0.1, 0.15) is 0 Å². The highest BCUT2D eigenvalue weighted by molar-refractivity contribution is 4.79. The summed E-state index contributed by atoms with van der Waals surface area (Å²) in [6.07, 6.45) is 0.549. The first kappa shape index (κ1) is 9.88. The van der Waals surface area contributed by atoms with Crippen LogP contribution in [0.5, 0.6) is 0 Å². The Morgan fingerprint density at radius 2 is 1.90 bits per heavy atom. The molecular weight excluding hydrogens is 130 g/mol. The van der Waals surface area contributed by atoms with Crippen molar-refractivity contribution in [2.45, 2.75) is 26.3 Å². The first-order valence-corrected chi connectivity index (χ1v) is 3.52. The summed E-state index contributed by atoms with van der Waals surface area (Å²) < 4.78 is 0. The predicted octanol–water partition coefficient (Wildman–Crippen LogP) is -0.285. The third-order valence-corrected chi connectivity index (χ3v) is 1.85. The molecule has 0 fully saturated rings. The third-order valence-electron chi connectivity index (χ3n) is 1.85. The summed E-state index contributed by atoms with van der Waals surface area (Å²) in [5.74, 6) is 0. The van der Waals surface area contributed by atoms with Crippen molar-refractivity contribution in [3.05, 3.63) is 0 Å². The lowest BCUT2D eigenvalue weighted by Gasteiger charge is -2.28. The number of hydrogen-bond acceptors (Lipinski definition) is 3. The molecule has 0 aromatic rings. The Kier molecular flexibility index (Phi) is 3.86. The number of rotatable bonds is 4. The fourth-order valence-electron chi connectivity index (χ4n) is 0.647. The summed E-state index contributed by atoms with van der Waals surface area (Å²) in [5, 5.41) is 17.4. The molecule has 1 unspecified atom stereocenters. The molecule has 0 aliphatic carbocycles. The molecule has 0 bridgehead atoms. The third kappa shape index (κ3) is 2.64. The molecule has 3 nitrogen and oxygen atoms in total. The van der Waals surface area contributed by atoms with Gasteiger partial charge in [0, 0.05) is 24.7 Å². The molecule has 62 valence electrons. The van der Waals surface area contributed by atoms with Gasteiger partial charge >= 0.3 is 0 Å². The molecule has 0 aliphatic rings. The standard InChI is InChI=1S/C7H17NO2/c1-7(2,5-10)6(8)3-4-9/h6,9-10H,3-5,8H2,1-2H3. The quantitative estimate of drug-likeness (QED) is 0.512. The van der Waals surface area contributed by atoms with E-state index in [1.165, 1.54) is 0 Å². The Labute approximate surface area is 61.9 Å². The molecule has 1 atom stereocenters. The van der Waals surface area contributed by atoms with Crippen LogP contribution in [0.2, 0.25) is 0 Å². The Morgan fingerprint density at radius 1 is 1.40 bits per heavy atom. The molecule has 0 saturated heterocycles. The normalized spacial score (nSPS) is 15.3. The molecule has 4 N–H and O–H groups in total. The second-order valence-electron chi connectivity index (χ2n) is 3.27. The lowest BCUT2D eigenvalue weighted by Crippen LogP contribution is -2.40. The average Bonchev–Trinajstić information content (AvgIpc) is 1.89. The zero-order valence-corrected chi connectivity index (χ0v) is 6.67. The van der Waals surface area contributed by atoms with E-state index in [2.05, 4.69) is 0 Å². The van der Waals surface area contributed by atoms with Gasteiger partial charge in [-0.3, -0.25) is 0 Å². The molecule has 10 heavy (non-hydrogen) atoms. The Bertz CT molecular complexity index is 93.6. The van der Waals surface area contributed by atoms with Gasteiger partial charge in [0.2, 0.25) is 0 Å². The van der Waals surface area contributed by atoms with E-state index in [1.807, 2.05) is 13.8 Å². The first-order chi connectivity index (χ1) is 4.54. The zero-order chi connectivity index (χ0) is 8.20. The molecule has 0 aliphatic heterocycles. The fourth-order valence-corrected chi connectivity index (χ4v) is 0.647. The second kappa shape index (κ2) is 3.91. The minimum absolute atomic E-state index is 0.0637. The van der Waals surface area contributed by atoms with Gasteiger partial charge in [0.05, 0.1) is 0 Å². The van der Waals surface area contributed by atoms with E-state index in [0.29, 0.717) is 6.42 Å². The van der Waals surface area contributed by atoms with Crippen molar-refractivity contribution in [2.75, 3.05) is 13.2 Å². The molecule has 3 heteroatoms. The highest BCUT2D eigenvalue weighted by Crippen LogP contribution is 2.19. The van der Waals surface area contributed by atoms with Gasteiger partial charge in [-0.25, -0.2) is 0 Å².